The van der Waals surface area contributed by atoms with Crippen LogP contribution in [-0.4, -0.2) is 38.5 Å². The van der Waals surface area contributed by atoms with Crippen molar-refractivity contribution in [1.29, 1.82) is 0 Å². The van der Waals surface area contributed by atoms with Crippen molar-refractivity contribution in [3.63, 3.8) is 0 Å². The van der Waals surface area contributed by atoms with Crippen molar-refractivity contribution < 1.29 is 4.79 Å². The summed E-state index contributed by atoms with van der Waals surface area (Å²) < 4.78 is 1.80. The van der Waals surface area contributed by atoms with Gasteiger partial charge in [0.05, 0.1) is 17.9 Å². The SMILES string of the molecule is Cc1cn2nc(NC(CN3CCCC3=O)c3ccccc3)sc2n1. The van der Waals surface area contributed by atoms with Crippen LogP contribution in [0.5, 0.6) is 0 Å². The molecular formula is C17H19N5OS. The van der Waals surface area contributed by atoms with Gasteiger partial charge in [0, 0.05) is 19.5 Å². The molecule has 0 radical (unpaired) electrons. The molecule has 1 unspecified atom stereocenters. The lowest BCUT2D eigenvalue weighted by Gasteiger charge is -2.24. The lowest BCUT2D eigenvalue weighted by atomic mass is 10.1. The van der Waals surface area contributed by atoms with Crippen LogP contribution in [-0.2, 0) is 4.79 Å². The number of carbonyl (C=O) groups is 1. The van der Waals surface area contributed by atoms with Crippen LogP contribution in [0.1, 0.15) is 30.1 Å². The molecule has 6 nitrogen and oxygen atoms in total. The Kier molecular flexibility index (Phi) is 3.93. The molecule has 0 saturated carbocycles. The summed E-state index contributed by atoms with van der Waals surface area (Å²) >= 11 is 1.53. The summed E-state index contributed by atoms with van der Waals surface area (Å²) in [7, 11) is 0. The standard InChI is InChI=1S/C17H19N5OS/c1-12-10-22-17(18-12)24-16(20-22)19-14(13-6-3-2-4-7-13)11-21-9-5-8-15(21)23/h2-4,6-7,10,14H,5,8-9,11H2,1H3,(H,19,20). The molecule has 1 fully saturated rings. The van der Waals surface area contributed by atoms with Gasteiger partial charge in [-0.2, -0.15) is 0 Å². The van der Waals surface area contributed by atoms with Crippen LogP contribution >= 0.6 is 11.3 Å². The van der Waals surface area contributed by atoms with Crippen molar-refractivity contribution in [2.24, 2.45) is 0 Å². The second-order valence-corrected chi connectivity index (χ2v) is 7.02. The first kappa shape index (κ1) is 15.1. The Labute approximate surface area is 144 Å². The molecule has 0 spiro atoms. The first-order valence-electron chi connectivity index (χ1n) is 8.11. The lowest BCUT2D eigenvalue weighted by molar-refractivity contribution is -0.127. The Morgan fingerprint density at radius 1 is 1.33 bits per heavy atom. The lowest BCUT2D eigenvalue weighted by Crippen LogP contribution is -2.32. The van der Waals surface area contributed by atoms with E-state index in [-0.39, 0.29) is 11.9 Å². The number of aromatic nitrogens is 3. The maximum atomic E-state index is 12.0. The molecule has 4 rings (SSSR count). The number of amides is 1. The largest absolute Gasteiger partial charge is 0.351 e. The van der Waals surface area contributed by atoms with E-state index >= 15 is 0 Å². The van der Waals surface area contributed by atoms with Crippen molar-refractivity contribution in [3.05, 3.63) is 47.8 Å². The summed E-state index contributed by atoms with van der Waals surface area (Å²) in [6.45, 7) is 3.45. The molecule has 1 aliphatic rings. The van der Waals surface area contributed by atoms with E-state index in [4.69, 9.17) is 0 Å². The molecule has 7 heteroatoms. The number of fused-ring (bicyclic) bond motifs is 1. The fourth-order valence-corrected chi connectivity index (χ4v) is 3.93. The number of nitrogens with zero attached hydrogens (tertiary/aromatic N) is 4. The summed E-state index contributed by atoms with van der Waals surface area (Å²) in [6, 6.07) is 10.2. The topological polar surface area (TPSA) is 62.5 Å². The van der Waals surface area contributed by atoms with Gasteiger partial charge in [-0.15, -0.1) is 5.10 Å². The maximum Gasteiger partial charge on any atom is 0.222 e. The van der Waals surface area contributed by atoms with Crippen LogP contribution in [0.4, 0.5) is 5.13 Å². The fourth-order valence-electron chi connectivity index (χ4n) is 3.05. The number of benzene rings is 1. The molecule has 1 saturated heterocycles. The second-order valence-electron chi connectivity index (χ2n) is 6.07. The number of imidazole rings is 1. The van der Waals surface area contributed by atoms with Gasteiger partial charge in [-0.25, -0.2) is 9.50 Å². The highest BCUT2D eigenvalue weighted by molar-refractivity contribution is 7.20. The van der Waals surface area contributed by atoms with Crippen LogP contribution < -0.4 is 5.32 Å². The summed E-state index contributed by atoms with van der Waals surface area (Å²) in [4.78, 5) is 19.3. The molecule has 124 valence electrons. The smallest absolute Gasteiger partial charge is 0.222 e. The van der Waals surface area contributed by atoms with Crippen LogP contribution in [0.2, 0.25) is 0 Å². The second kappa shape index (κ2) is 6.24. The van der Waals surface area contributed by atoms with Gasteiger partial charge in [-0.05, 0) is 18.9 Å². The summed E-state index contributed by atoms with van der Waals surface area (Å²) in [6.07, 6.45) is 3.52. The summed E-state index contributed by atoms with van der Waals surface area (Å²) in [5, 5.41) is 8.86. The predicted molar refractivity (Wildman–Crippen MR) is 94.2 cm³/mol. The first-order valence-corrected chi connectivity index (χ1v) is 8.93. The van der Waals surface area contributed by atoms with Gasteiger partial charge in [-0.1, -0.05) is 41.7 Å². The molecule has 3 aromatic rings. The van der Waals surface area contributed by atoms with Gasteiger partial charge in [0.1, 0.15) is 0 Å². The van der Waals surface area contributed by atoms with E-state index in [0.717, 1.165) is 34.3 Å². The Hall–Kier alpha value is -2.41. The van der Waals surface area contributed by atoms with Gasteiger partial charge >= 0.3 is 0 Å². The number of hydrogen-bond acceptors (Lipinski definition) is 5. The fraction of sp³-hybridized carbons (Fsp3) is 0.353. The molecule has 0 bridgehead atoms. The summed E-state index contributed by atoms with van der Waals surface area (Å²) in [5.41, 5.74) is 2.11. The molecule has 1 amide bonds. The van der Waals surface area contributed by atoms with Gasteiger partial charge in [-0.3, -0.25) is 4.79 Å². The Morgan fingerprint density at radius 3 is 2.88 bits per heavy atom. The zero-order chi connectivity index (χ0) is 16.5. The van der Waals surface area contributed by atoms with E-state index < -0.39 is 0 Å². The Bertz CT molecular complexity index is 825. The van der Waals surface area contributed by atoms with Crippen LogP contribution in [0.25, 0.3) is 4.96 Å². The van der Waals surface area contributed by atoms with Gasteiger partial charge < -0.3 is 10.2 Å². The minimum atomic E-state index is 0.0187. The Morgan fingerprint density at radius 2 is 2.17 bits per heavy atom. The molecule has 24 heavy (non-hydrogen) atoms. The van der Waals surface area contributed by atoms with Crippen molar-refractivity contribution in [1.82, 2.24) is 19.5 Å². The molecule has 1 atom stereocenters. The number of anilines is 1. The van der Waals surface area contributed by atoms with E-state index in [0.29, 0.717) is 13.0 Å². The normalized spacial score (nSPS) is 16.0. The monoisotopic (exact) mass is 341 g/mol. The quantitative estimate of drug-likeness (QED) is 0.775. The van der Waals surface area contributed by atoms with E-state index in [2.05, 4.69) is 27.5 Å². The zero-order valence-electron chi connectivity index (χ0n) is 13.5. The molecular weight excluding hydrogens is 322 g/mol. The van der Waals surface area contributed by atoms with Crippen LogP contribution in [0.15, 0.2) is 36.5 Å². The molecule has 1 N–H and O–H groups in total. The number of nitrogens with one attached hydrogen (secondary N) is 1. The molecule has 3 heterocycles. The van der Waals surface area contributed by atoms with E-state index in [1.54, 1.807) is 4.52 Å². The third-order valence-corrected chi connectivity index (χ3v) is 5.09. The van der Waals surface area contributed by atoms with E-state index in [1.807, 2.05) is 36.2 Å². The average molecular weight is 341 g/mol. The van der Waals surface area contributed by atoms with E-state index in [9.17, 15) is 4.79 Å². The summed E-state index contributed by atoms with van der Waals surface area (Å²) in [5.74, 6) is 0.238. The van der Waals surface area contributed by atoms with Crippen molar-refractivity contribution in [2.45, 2.75) is 25.8 Å². The van der Waals surface area contributed by atoms with Crippen molar-refractivity contribution in [3.8, 4) is 0 Å². The van der Waals surface area contributed by atoms with Crippen molar-refractivity contribution in [2.75, 3.05) is 18.4 Å². The van der Waals surface area contributed by atoms with Gasteiger partial charge in [0.25, 0.3) is 0 Å². The van der Waals surface area contributed by atoms with E-state index in [1.165, 1.54) is 11.3 Å². The third-order valence-electron chi connectivity index (χ3n) is 4.24. The molecule has 0 aliphatic carbocycles. The zero-order valence-corrected chi connectivity index (χ0v) is 14.3. The minimum Gasteiger partial charge on any atom is -0.351 e. The first-order chi connectivity index (χ1) is 11.7. The highest BCUT2D eigenvalue weighted by Gasteiger charge is 2.25. The Balaban J connectivity index is 1.59. The molecule has 1 aromatic carbocycles. The number of carbonyl (C=O) groups excluding carboxylic acids is 1. The highest BCUT2D eigenvalue weighted by Crippen LogP contribution is 2.26. The number of aryl methyl sites for hydroxylation is 1. The number of hydrogen-bond donors (Lipinski definition) is 1. The van der Waals surface area contributed by atoms with Gasteiger partial charge in [0.15, 0.2) is 0 Å². The molecule has 2 aromatic heterocycles. The van der Waals surface area contributed by atoms with Gasteiger partial charge in [0.2, 0.25) is 16.0 Å². The average Bonchev–Trinajstić information content (AvgIpc) is 3.23. The minimum absolute atomic E-state index is 0.0187. The predicted octanol–water partition coefficient (Wildman–Crippen LogP) is 2.87. The molecule has 1 aliphatic heterocycles. The maximum absolute atomic E-state index is 12.0. The van der Waals surface area contributed by atoms with Crippen LogP contribution in [0, 0.1) is 6.92 Å². The number of likely N-dealkylation sites (tertiary alicyclic amines) is 1. The third kappa shape index (κ3) is 2.99. The van der Waals surface area contributed by atoms with Crippen LogP contribution in [0.3, 0.4) is 0 Å². The number of rotatable bonds is 5. The highest BCUT2D eigenvalue weighted by atomic mass is 32.1. The van der Waals surface area contributed by atoms with Crippen molar-refractivity contribution >= 4 is 27.3 Å².